The highest BCUT2D eigenvalue weighted by molar-refractivity contribution is 7.85. The number of rotatable bonds is 10. The highest BCUT2D eigenvalue weighted by atomic mass is 32.2. The average Bonchev–Trinajstić information content (AvgIpc) is 2.95. The average molecular weight is 453 g/mol. The van der Waals surface area contributed by atoms with E-state index in [4.69, 9.17) is 4.74 Å². The number of aromatic nitrogens is 2. The Balaban J connectivity index is 2.12. The molecule has 0 N–H and O–H groups in total. The third kappa shape index (κ3) is 7.72. The Bertz CT molecular complexity index is 923. The van der Waals surface area contributed by atoms with Gasteiger partial charge in [0.2, 0.25) is 0 Å². The second-order valence-electron chi connectivity index (χ2n) is 8.22. The van der Waals surface area contributed by atoms with Crippen molar-refractivity contribution in [3.63, 3.8) is 0 Å². The molecule has 1 aromatic heterocycles. The fourth-order valence-electron chi connectivity index (χ4n) is 2.79. The molecule has 1 heterocycles. The molecule has 0 aliphatic rings. The summed E-state index contributed by atoms with van der Waals surface area (Å²) in [6.45, 7) is 7.06. The molecule has 0 bridgehead atoms. The molecule has 11 heteroatoms. The first-order valence-corrected chi connectivity index (χ1v) is 14.7. The summed E-state index contributed by atoms with van der Waals surface area (Å²) in [7, 11) is -4.99. The first-order valence-electron chi connectivity index (χ1n) is 9.21. The van der Waals surface area contributed by atoms with Gasteiger partial charge < -0.3 is 4.74 Å². The van der Waals surface area contributed by atoms with E-state index in [2.05, 4.69) is 28.9 Å². The van der Waals surface area contributed by atoms with Crippen LogP contribution in [0.4, 0.5) is 13.2 Å². The van der Waals surface area contributed by atoms with Crippen LogP contribution in [-0.4, -0.2) is 51.9 Å². The number of halogens is 3. The lowest BCUT2D eigenvalue weighted by Gasteiger charge is -2.20. The molecule has 0 aliphatic carbocycles. The first kappa shape index (κ1) is 23.8. The van der Waals surface area contributed by atoms with Crippen molar-refractivity contribution >= 4 is 29.1 Å². The molecule has 0 fully saturated rings. The predicted molar refractivity (Wildman–Crippen MR) is 108 cm³/mol. The van der Waals surface area contributed by atoms with E-state index >= 15 is 0 Å². The van der Waals surface area contributed by atoms with Gasteiger partial charge in [0.05, 0.1) is 30.5 Å². The van der Waals surface area contributed by atoms with E-state index in [1.807, 2.05) is 0 Å². The summed E-state index contributed by atoms with van der Waals surface area (Å²) in [4.78, 5) is 0. The predicted octanol–water partition coefficient (Wildman–Crippen LogP) is 4.36. The Morgan fingerprint density at radius 3 is 2.48 bits per heavy atom. The summed E-state index contributed by atoms with van der Waals surface area (Å²) in [5.74, 6) is -1.83. The van der Waals surface area contributed by atoms with Crippen LogP contribution in [0.25, 0.3) is 10.9 Å². The van der Waals surface area contributed by atoms with Crippen LogP contribution in [0.3, 0.4) is 0 Å². The summed E-state index contributed by atoms with van der Waals surface area (Å²) in [5, 5.41) is 4.77. The number of fused-ring (bicyclic) bond motifs is 1. The van der Waals surface area contributed by atoms with Crippen LogP contribution in [0.1, 0.15) is 17.9 Å². The van der Waals surface area contributed by atoms with Gasteiger partial charge in [-0.15, -0.1) is 0 Å². The third-order valence-corrected chi connectivity index (χ3v) is 6.68. The van der Waals surface area contributed by atoms with E-state index < -0.39 is 43.3 Å². The van der Waals surface area contributed by atoms with Crippen LogP contribution >= 0.6 is 0 Å². The van der Waals surface area contributed by atoms with Crippen molar-refractivity contribution in [3.8, 4) is 0 Å². The van der Waals surface area contributed by atoms with Crippen LogP contribution in [0.5, 0.6) is 0 Å². The molecule has 6 nitrogen and oxygen atoms in total. The molecule has 2 rings (SSSR count). The maximum atomic E-state index is 13.5. The zero-order valence-corrected chi connectivity index (χ0v) is 18.8. The number of alkyl halides is 3. The number of hydrogen-bond acceptors (Lipinski definition) is 5. The van der Waals surface area contributed by atoms with Crippen LogP contribution in [0.15, 0.2) is 24.4 Å². The molecule has 0 amide bonds. The zero-order valence-electron chi connectivity index (χ0n) is 17.0. The molecule has 0 spiro atoms. The zero-order chi connectivity index (χ0) is 21.9. The van der Waals surface area contributed by atoms with Crippen molar-refractivity contribution in [1.29, 1.82) is 0 Å². The van der Waals surface area contributed by atoms with Crippen molar-refractivity contribution in [2.24, 2.45) is 0 Å². The Morgan fingerprint density at radius 2 is 1.90 bits per heavy atom. The van der Waals surface area contributed by atoms with Gasteiger partial charge in [0.1, 0.15) is 6.73 Å². The van der Waals surface area contributed by atoms with Gasteiger partial charge in [0.25, 0.3) is 10.1 Å². The fraction of sp³-hybridized carbons (Fsp3) is 0.611. The molecular formula is C18H27F3N2O4SSi. The van der Waals surface area contributed by atoms with Crippen molar-refractivity contribution in [1.82, 2.24) is 9.78 Å². The van der Waals surface area contributed by atoms with Crippen molar-refractivity contribution in [2.75, 3.05) is 19.5 Å². The normalized spacial score (nSPS) is 14.4. The van der Waals surface area contributed by atoms with Gasteiger partial charge in [-0.25, -0.2) is 4.68 Å². The van der Waals surface area contributed by atoms with Gasteiger partial charge in [-0.05, 0) is 30.2 Å². The quantitative estimate of drug-likeness (QED) is 0.304. The number of ether oxygens (including phenoxy) is 1. The molecule has 29 heavy (non-hydrogen) atoms. The molecule has 2 aromatic rings. The molecule has 0 saturated heterocycles. The molecule has 0 aliphatic heterocycles. The van der Waals surface area contributed by atoms with Gasteiger partial charge in [-0.3, -0.25) is 4.18 Å². The number of nitrogens with zero attached hydrogens (tertiary/aromatic N) is 2. The van der Waals surface area contributed by atoms with E-state index in [9.17, 15) is 21.6 Å². The summed E-state index contributed by atoms with van der Waals surface area (Å²) in [6.07, 6.45) is -2.70. The van der Waals surface area contributed by atoms with Crippen molar-refractivity contribution < 1.29 is 30.5 Å². The molecular weight excluding hydrogens is 425 g/mol. The Kier molecular flexibility index (Phi) is 7.52. The van der Waals surface area contributed by atoms with Gasteiger partial charge in [-0.2, -0.15) is 26.7 Å². The molecule has 1 aromatic carbocycles. The second-order valence-corrected chi connectivity index (χ2v) is 15.5. The maximum absolute atomic E-state index is 13.5. The van der Waals surface area contributed by atoms with Crippen LogP contribution in [0.2, 0.25) is 25.7 Å². The standard InChI is InChI=1S/C18H27F3N2O4SSi/c1-28(24,25)27-8-7-16(18(19,20)21)14-5-6-17-15(11-14)12-22-23(17)13-26-9-10-29(2,3)4/h5-6,11-12,16H,7-10,13H2,1-4H3. The fourth-order valence-corrected chi connectivity index (χ4v) is 3.95. The minimum atomic E-state index is -4.52. The van der Waals surface area contributed by atoms with Gasteiger partial charge >= 0.3 is 6.18 Å². The largest absolute Gasteiger partial charge is 0.395 e. The van der Waals surface area contributed by atoms with Crippen LogP contribution < -0.4 is 0 Å². The summed E-state index contributed by atoms with van der Waals surface area (Å²) in [6, 6.07) is 5.41. The van der Waals surface area contributed by atoms with Crippen molar-refractivity contribution in [3.05, 3.63) is 30.0 Å². The lowest BCUT2D eigenvalue weighted by molar-refractivity contribution is -0.153. The highest BCUT2D eigenvalue weighted by Crippen LogP contribution is 2.38. The summed E-state index contributed by atoms with van der Waals surface area (Å²) < 4.78 is 74.3. The van der Waals surface area contributed by atoms with Crippen LogP contribution in [0, 0.1) is 0 Å². The monoisotopic (exact) mass is 452 g/mol. The summed E-state index contributed by atoms with van der Waals surface area (Å²) >= 11 is 0. The number of benzene rings is 1. The minimum absolute atomic E-state index is 0.0429. The molecule has 164 valence electrons. The Morgan fingerprint density at radius 1 is 1.21 bits per heavy atom. The lowest BCUT2D eigenvalue weighted by Crippen LogP contribution is -2.23. The highest BCUT2D eigenvalue weighted by Gasteiger charge is 2.40. The molecule has 0 radical (unpaired) electrons. The van der Waals surface area contributed by atoms with E-state index in [0.29, 0.717) is 17.5 Å². The lowest BCUT2D eigenvalue weighted by atomic mass is 9.94. The Hall–Kier alpha value is -1.43. The van der Waals surface area contributed by atoms with Gasteiger partial charge in [0, 0.05) is 20.1 Å². The van der Waals surface area contributed by atoms with Crippen LogP contribution in [-0.2, 0) is 25.8 Å². The maximum Gasteiger partial charge on any atom is 0.395 e. The van der Waals surface area contributed by atoms with E-state index in [0.717, 1.165) is 12.3 Å². The number of hydrogen-bond donors (Lipinski definition) is 0. The van der Waals surface area contributed by atoms with Gasteiger partial charge in [-0.1, -0.05) is 25.7 Å². The second kappa shape index (κ2) is 9.15. The van der Waals surface area contributed by atoms with E-state index in [-0.39, 0.29) is 12.3 Å². The van der Waals surface area contributed by atoms with E-state index in [1.54, 1.807) is 10.7 Å². The Labute approximate surface area is 170 Å². The smallest absolute Gasteiger partial charge is 0.360 e. The molecule has 1 unspecified atom stereocenters. The van der Waals surface area contributed by atoms with Crippen molar-refractivity contribution in [2.45, 2.75) is 50.9 Å². The summed E-state index contributed by atoms with van der Waals surface area (Å²) in [5.41, 5.74) is 0.719. The SMILES string of the molecule is C[Si](C)(C)CCOCn1ncc2cc(C(CCOS(C)(=O)=O)C(F)(F)F)ccc21. The topological polar surface area (TPSA) is 70.4 Å². The molecule has 1 atom stereocenters. The first-order chi connectivity index (χ1) is 13.3. The van der Waals surface area contributed by atoms with Gasteiger partial charge in [0.15, 0.2) is 0 Å². The molecule has 0 saturated carbocycles. The van der Waals surface area contributed by atoms with E-state index in [1.165, 1.54) is 18.3 Å². The minimum Gasteiger partial charge on any atom is -0.360 e. The third-order valence-electron chi connectivity index (χ3n) is 4.38.